The molecule has 1 aromatic carbocycles. The van der Waals surface area contributed by atoms with Crippen LogP contribution < -0.4 is 10.9 Å². The van der Waals surface area contributed by atoms with E-state index in [-0.39, 0.29) is 23.0 Å². The first-order valence-electron chi connectivity index (χ1n) is 10.0. The van der Waals surface area contributed by atoms with Crippen LogP contribution in [0.25, 0.3) is 10.2 Å². The van der Waals surface area contributed by atoms with Crippen LogP contribution in [0.3, 0.4) is 0 Å². The number of aryl methyl sites for hydroxylation is 2. The van der Waals surface area contributed by atoms with Crippen LogP contribution in [-0.2, 0) is 17.8 Å². The summed E-state index contributed by atoms with van der Waals surface area (Å²) in [5.41, 5.74) is 1.94. The van der Waals surface area contributed by atoms with Gasteiger partial charge >= 0.3 is 0 Å². The summed E-state index contributed by atoms with van der Waals surface area (Å²) < 4.78 is 14.7. The third kappa shape index (κ3) is 5.29. The molecule has 2 aromatic heterocycles. The quantitative estimate of drug-likeness (QED) is 0.388. The van der Waals surface area contributed by atoms with Crippen molar-refractivity contribution in [3.8, 4) is 0 Å². The molecule has 1 amide bonds. The lowest BCUT2D eigenvalue weighted by atomic mass is 10.1. The average Bonchev–Trinajstić information content (AvgIpc) is 3.01. The third-order valence-corrected chi connectivity index (χ3v) is 7.05. The van der Waals surface area contributed by atoms with Gasteiger partial charge in [-0.25, -0.2) is 9.37 Å². The summed E-state index contributed by atoms with van der Waals surface area (Å²) in [6, 6.07) is 6.26. The standard InChI is InChI=1S/C22H26FN3O2S2/c1-4-5-12-26-21(28)19-14(2)15(3)30-20(19)25-22(26)29-13-18(27)24-11-10-16-6-8-17(23)9-7-16/h6-9H,4-5,10-13H2,1-3H3,(H,24,27). The predicted octanol–water partition coefficient (Wildman–Crippen LogP) is 4.47. The van der Waals surface area contributed by atoms with E-state index in [1.807, 2.05) is 13.8 Å². The third-order valence-electron chi connectivity index (χ3n) is 4.97. The zero-order valence-electron chi connectivity index (χ0n) is 17.5. The molecule has 2 heterocycles. The van der Waals surface area contributed by atoms with Crippen molar-refractivity contribution < 1.29 is 9.18 Å². The Morgan fingerprint density at radius 2 is 2.00 bits per heavy atom. The fraction of sp³-hybridized carbons (Fsp3) is 0.409. The Morgan fingerprint density at radius 3 is 2.70 bits per heavy atom. The monoisotopic (exact) mass is 447 g/mol. The first kappa shape index (κ1) is 22.5. The van der Waals surface area contributed by atoms with Crippen LogP contribution in [0.4, 0.5) is 4.39 Å². The highest BCUT2D eigenvalue weighted by atomic mass is 32.2. The van der Waals surface area contributed by atoms with Crippen molar-refractivity contribution in [3.63, 3.8) is 0 Å². The molecule has 5 nitrogen and oxygen atoms in total. The van der Waals surface area contributed by atoms with Gasteiger partial charge in [0.15, 0.2) is 5.16 Å². The van der Waals surface area contributed by atoms with E-state index in [0.29, 0.717) is 30.1 Å². The molecular weight excluding hydrogens is 421 g/mol. The van der Waals surface area contributed by atoms with Crippen LogP contribution in [0.1, 0.15) is 35.8 Å². The largest absolute Gasteiger partial charge is 0.355 e. The molecule has 1 N–H and O–H groups in total. The van der Waals surface area contributed by atoms with Gasteiger partial charge in [-0.2, -0.15) is 0 Å². The molecule has 0 saturated carbocycles. The van der Waals surface area contributed by atoms with E-state index in [9.17, 15) is 14.0 Å². The van der Waals surface area contributed by atoms with Crippen molar-refractivity contribution in [2.75, 3.05) is 12.3 Å². The van der Waals surface area contributed by atoms with E-state index in [0.717, 1.165) is 33.7 Å². The zero-order chi connectivity index (χ0) is 21.7. The number of carbonyl (C=O) groups is 1. The van der Waals surface area contributed by atoms with Gasteiger partial charge in [-0.1, -0.05) is 37.2 Å². The van der Waals surface area contributed by atoms with Crippen molar-refractivity contribution in [3.05, 3.63) is 56.4 Å². The number of hydrogen-bond acceptors (Lipinski definition) is 5. The lowest BCUT2D eigenvalue weighted by molar-refractivity contribution is -0.118. The fourth-order valence-corrected chi connectivity index (χ4v) is 5.04. The van der Waals surface area contributed by atoms with E-state index >= 15 is 0 Å². The molecule has 0 saturated heterocycles. The second kappa shape index (κ2) is 10.2. The number of fused-ring (bicyclic) bond motifs is 1. The highest BCUT2D eigenvalue weighted by Gasteiger charge is 2.17. The molecule has 0 radical (unpaired) electrons. The first-order chi connectivity index (χ1) is 14.4. The van der Waals surface area contributed by atoms with Gasteiger partial charge in [0.1, 0.15) is 10.6 Å². The Labute approximate surface area is 183 Å². The van der Waals surface area contributed by atoms with Gasteiger partial charge in [0.05, 0.1) is 11.1 Å². The number of halogens is 1. The minimum Gasteiger partial charge on any atom is -0.355 e. The second-order valence-electron chi connectivity index (χ2n) is 7.18. The molecule has 30 heavy (non-hydrogen) atoms. The topological polar surface area (TPSA) is 64.0 Å². The maximum Gasteiger partial charge on any atom is 0.263 e. The van der Waals surface area contributed by atoms with Crippen LogP contribution in [0, 0.1) is 19.7 Å². The molecule has 3 aromatic rings. The molecule has 0 spiro atoms. The van der Waals surface area contributed by atoms with E-state index in [1.54, 1.807) is 16.7 Å². The number of nitrogens with one attached hydrogen (secondary N) is 1. The molecule has 0 fully saturated rings. The number of thioether (sulfide) groups is 1. The molecule has 8 heteroatoms. The number of hydrogen-bond donors (Lipinski definition) is 1. The number of nitrogens with zero attached hydrogens (tertiary/aromatic N) is 2. The second-order valence-corrected chi connectivity index (χ2v) is 9.33. The molecule has 0 aliphatic heterocycles. The Kier molecular flexibility index (Phi) is 7.66. The van der Waals surface area contributed by atoms with E-state index in [1.165, 1.54) is 35.2 Å². The maximum absolute atomic E-state index is 13.1. The number of carbonyl (C=O) groups excluding carboxylic acids is 1. The van der Waals surface area contributed by atoms with Crippen molar-refractivity contribution >= 4 is 39.2 Å². The van der Waals surface area contributed by atoms with Crippen LogP contribution in [-0.4, -0.2) is 27.8 Å². The van der Waals surface area contributed by atoms with Gasteiger partial charge < -0.3 is 5.32 Å². The van der Waals surface area contributed by atoms with Crippen molar-refractivity contribution in [1.82, 2.24) is 14.9 Å². The van der Waals surface area contributed by atoms with Gasteiger partial charge in [-0.05, 0) is 49.9 Å². The Morgan fingerprint density at radius 1 is 1.27 bits per heavy atom. The summed E-state index contributed by atoms with van der Waals surface area (Å²) >= 11 is 2.82. The lowest BCUT2D eigenvalue weighted by Crippen LogP contribution is -2.28. The van der Waals surface area contributed by atoms with E-state index in [4.69, 9.17) is 4.98 Å². The Balaban J connectivity index is 1.67. The highest BCUT2D eigenvalue weighted by molar-refractivity contribution is 7.99. The molecular formula is C22H26FN3O2S2. The summed E-state index contributed by atoms with van der Waals surface area (Å²) in [6.07, 6.45) is 2.49. The summed E-state index contributed by atoms with van der Waals surface area (Å²) in [4.78, 5) is 31.9. The SMILES string of the molecule is CCCCn1c(SCC(=O)NCCc2ccc(F)cc2)nc2sc(C)c(C)c2c1=O. The number of unbranched alkanes of at least 4 members (excludes halogenated alkanes) is 1. The zero-order valence-corrected chi connectivity index (χ0v) is 19.1. The van der Waals surface area contributed by atoms with Crippen molar-refractivity contribution in [1.29, 1.82) is 0 Å². The van der Waals surface area contributed by atoms with Gasteiger partial charge in [0.2, 0.25) is 5.91 Å². The number of thiophene rings is 1. The number of benzene rings is 1. The van der Waals surface area contributed by atoms with Crippen molar-refractivity contribution in [2.45, 2.75) is 51.7 Å². The van der Waals surface area contributed by atoms with Gasteiger partial charge in [-0.3, -0.25) is 14.2 Å². The van der Waals surface area contributed by atoms with Crippen molar-refractivity contribution in [2.24, 2.45) is 0 Å². The number of rotatable bonds is 9. The molecule has 160 valence electrons. The van der Waals surface area contributed by atoms with E-state index < -0.39 is 0 Å². The molecule has 0 bridgehead atoms. The van der Waals surface area contributed by atoms with Crippen LogP contribution in [0.2, 0.25) is 0 Å². The van der Waals surface area contributed by atoms with Crippen LogP contribution in [0.5, 0.6) is 0 Å². The van der Waals surface area contributed by atoms with Gasteiger partial charge in [0, 0.05) is 18.0 Å². The highest BCUT2D eigenvalue weighted by Crippen LogP contribution is 2.28. The lowest BCUT2D eigenvalue weighted by Gasteiger charge is -2.12. The number of amides is 1. The summed E-state index contributed by atoms with van der Waals surface area (Å²) in [5.74, 6) is -0.192. The molecule has 0 atom stereocenters. The van der Waals surface area contributed by atoms with E-state index in [2.05, 4.69) is 12.2 Å². The minimum absolute atomic E-state index is 0.0190. The van der Waals surface area contributed by atoms with Gasteiger partial charge in [-0.15, -0.1) is 11.3 Å². The Hall–Kier alpha value is -2.19. The molecule has 0 aliphatic rings. The number of aromatic nitrogens is 2. The molecule has 0 aliphatic carbocycles. The average molecular weight is 448 g/mol. The minimum atomic E-state index is -0.270. The van der Waals surface area contributed by atoms with Crippen LogP contribution in [0.15, 0.2) is 34.2 Å². The fourth-order valence-electron chi connectivity index (χ4n) is 3.11. The smallest absolute Gasteiger partial charge is 0.263 e. The summed E-state index contributed by atoms with van der Waals surface area (Å²) in [7, 11) is 0. The van der Waals surface area contributed by atoms with Gasteiger partial charge in [0.25, 0.3) is 5.56 Å². The predicted molar refractivity (Wildman–Crippen MR) is 122 cm³/mol. The van der Waals surface area contributed by atoms with Crippen LogP contribution >= 0.6 is 23.1 Å². The normalized spacial score (nSPS) is 11.2. The molecule has 3 rings (SSSR count). The first-order valence-corrected chi connectivity index (χ1v) is 11.9. The maximum atomic E-state index is 13.1. The Bertz CT molecular complexity index is 1090. The summed E-state index contributed by atoms with van der Waals surface area (Å²) in [5, 5.41) is 4.17. The summed E-state index contributed by atoms with van der Waals surface area (Å²) in [6.45, 7) is 7.12. The molecule has 0 unspecified atom stereocenters.